The zero-order valence-corrected chi connectivity index (χ0v) is 15.4. The van der Waals surface area contributed by atoms with Crippen molar-refractivity contribution >= 4 is 29.3 Å². The van der Waals surface area contributed by atoms with Crippen molar-refractivity contribution in [1.82, 2.24) is 15.2 Å². The van der Waals surface area contributed by atoms with Crippen LogP contribution in [0.2, 0.25) is 5.02 Å². The maximum atomic E-state index is 12.4. The van der Waals surface area contributed by atoms with Gasteiger partial charge in [-0.05, 0) is 13.0 Å². The van der Waals surface area contributed by atoms with Crippen molar-refractivity contribution < 1.29 is 23.8 Å². The Balaban J connectivity index is 1.68. The van der Waals surface area contributed by atoms with Crippen LogP contribution in [0.4, 0.5) is 5.82 Å². The van der Waals surface area contributed by atoms with Crippen molar-refractivity contribution in [1.29, 1.82) is 0 Å². The number of rotatable bonds is 6. The molecule has 3 heterocycles. The summed E-state index contributed by atoms with van der Waals surface area (Å²) in [5, 5.41) is 9.10. The second-order valence-corrected chi connectivity index (χ2v) is 6.18. The summed E-state index contributed by atoms with van der Waals surface area (Å²) in [6.45, 7) is 3.17. The Hall–Kier alpha value is -2.65. The molecule has 0 unspecified atom stereocenters. The van der Waals surface area contributed by atoms with Crippen molar-refractivity contribution in [3.8, 4) is 5.88 Å². The van der Waals surface area contributed by atoms with Gasteiger partial charge in [-0.25, -0.2) is 9.78 Å². The monoisotopic (exact) mass is 394 g/mol. The highest BCUT2D eigenvalue weighted by molar-refractivity contribution is 6.32. The number of carbonyl (C=O) groups is 2. The Labute approximate surface area is 160 Å². The molecule has 3 rings (SSSR count). The molecule has 0 bridgehead atoms. The van der Waals surface area contributed by atoms with Crippen LogP contribution in [0.5, 0.6) is 5.88 Å². The van der Waals surface area contributed by atoms with Crippen LogP contribution < -0.4 is 10.1 Å². The minimum absolute atomic E-state index is 0.0134. The molecule has 2 aromatic rings. The van der Waals surface area contributed by atoms with Crippen LogP contribution in [0.3, 0.4) is 0 Å². The van der Waals surface area contributed by atoms with Gasteiger partial charge in [-0.2, -0.15) is 5.10 Å². The summed E-state index contributed by atoms with van der Waals surface area (Å²) in [5.74, 6) is -0.680. The number of amides is 1. The van der Waals surface area contributed by atoms with Crippen LogP contribution in [0.15, 0.2) is 18.5 Å². The highest BCUT2D eigenvalue weighted by Crippen LogP contribution is 2.26. The average Bonchev–Trinajstić information content (AvgIpc) is 3.12. The third kappa shape index (κ3) is 4.75. The van der Waals surface area contributed by atoms with Gasteiger partial charge in [0.2, 0.25) is 5.88 Å². The van der Waals surface area contributed by atoms with E-state index in [1.165, 1.54) is 18.5 Å². The molecule has 0 saturated carbocycles. The maximum Gasteiger partial charge on any atom is 0.343 e. The number of esters is 1. The summed E-state index contributed by atoms with van der Waals surface area (Å²) in [5.41, 5.74) is 0.340. The maximum absolute atomic E-state index is 12.4. The largest absolute Gasteiger partial charge is 0.473 e. The molecule has 0 atom stereocenters. The summed E-state index contributed by atoms with van der Waals surface area (Å²) in [7, 11) is 0. The average molecular weight is 395 g/mol. The van der Waals surface area contributed by atoms with Crippen molar-refractivity contribution in [2.45, 2.75) is 25.9 Å². The van der Waals surface area contributed by atoms with Crippen LogP contribution >= 0.6 is 11.6 Å². The van der Waals surface area contributed by atoms with Gasteiger partial charge in [-0.15, -0.1) is 0 Å². The Kier molecular flexibility index (Phi) is 6.25. The molecule has 2 N–H and O–H groups in total. The Morgan fingerprint density at radius 2 is 2.15 bits per heavy atom. The molecule has 9 nitrogen and oxygen atoms in total. The van der Waals surface area contributed by atoms with E-state index in [2.05, 4.69) is 20.5 Å². The van der Waals surface area contributed by atoms with Crippen LogP contribution in [-0.2, 0) is 9.47 Å². The summed E-state index contributed by atoms with van der Waals surface area (Å²) < 4.78 is 16.0. The lowest BCUT2D eigenvalue weighted by Gasteiger charge is -2.23. The standard InChI is InChI=1S/C17H19ClN4O5/c1-2-26-17(24)12-9-20-22-14(12)21-15(23)10-7-13(18)16(19-8-10)27-11-3-5-25-6-4-11/h7-9,11H,2-6H2,1H3,(H2,20,21,22,23). The lowest BCUT2D eigenvalue weighted by Crippen LogP contribution is -2.26. The zero-order chi connectivity index (χ0) is 19.2. The predicted molar refractivity (Wildman–Crippen MR) is 96.2 cm³/mol. The number of aromatic nitrogens is 3. The van der Waals surface area contributed by atoms with E-state index < -0.39 is 11.9 Å². The van der Waals surface area contributed by atoms with Gasteiger partial charge >= 0.3 is 5.97 Å². The fraction of sp³-hybridized carbons (Fsp3) is 0.412. The molecule has 0 aromatic carbocycles. The summed E-state index contributed by atoms with van der Waals surface area (Å²) in [6.07, 6.45) is 4.15. The van der Waals surface area contributed by atoms with Gasteiger partial charge in [0.15, 0.2) is 0 Å². The van der Waals surface area contributed by atoms with Crippen molar-refractivity contribution in [3.05, 3.63) is 34.6 Å². The fourth-order valence-corrected chi connectivity index (χ4v) is 2.73. The van der Waals surface area contributed by atoms with Gasteiger partial charge in [-0.1, -0.05) is 11.6 Å². The normalized spacial score (nSPS) is 14.6. The van der Waals surface area contributed by atoms with Gasteiger partial charge in [0.25, 0.3) is 5.91 Å². The predicted octanol–water partition coefficient (Wildman–Crippen LogP) is 2.44. The van der Waals surface area contributed by atoms with E-state index in [4.69, 9.17) is 25.8 Å². The summed E-state index contributed by atoms with van der Waals surface area (Å²) in [4.78, 5) is 28.4. The number of H-pyrrole nitrogens is 1. The molecule has 1 saturated heterocycles. The second kappa shape index (κ2) is 8.83. The number of pyridine rings is 1. The molecule has 1 aliphatic heterocycles. The minimum Gasteiger partial charge on any atom is -0.473 e. The van der Waals surface area contributed by atoms with Crippen molar-refractivity contribution in [2.24, 2.45) is 0 Å². The number of hydrogen-bond donors (Lipinski definition) is 2. The van der Waals surface area contributed by atoms with E-state index in [-0.39, 0.29) is 40.6 Å². The van der Waals surface area contributed by atoms with Gasteiger partial charge < -0.3 is 19.5 Å². The zero-order valence-electron chi connectivity index (χ0n) is 14.7. The smallest absolute Gasteiger partial charge is 0.343 e. The lowest BCUT2D eigenvalue weighted by atomic mass is 10.1. The van der Waals surface area contributed by atoms with Gasteiger partial charge in [-0.3, -0.25) is 9.89 Å². The van der Waals surface area contributed by atoms with Crippen LogP contribution in [0.1, 0.15) is 40.5 Å². The molecule has 27 heavy (non-hydrogen) atoms. The molecule has 0 spiro atoms. The van der Waals surface area contributed by atoms with E-state index in [9.17, 15) is 9.59 Å². The van der Waals surface area contributed by atoms with E-state index in [1.54, 1.807) is 6.92 Å². The molecular formula is C17H19ClN4O5. The fourth-order valence-electron chi connectivity index (χ4n) is 2.52. The molecule has 1 amide bonds. The van der Waals surface area contributed by atoms with E-state index in [0.29, 0.717) is 13.2 Å². The molecular weight excluding hydrogens is 376 g/mol. The molecule has 144 valence electrons. The highest BCUT2D eigenvalue weighted by atomic mass is 35.5. The van der Waals surface area contributed by atoms with Crippen molar-refractivity contribution in [3.63, 3.8) is 0 Å². The van der Waals surface area contributed by atoms with Gasteiger partial charge in [0.05, 0.1) is 31.6 Å². The van der Waals surface area contributed by atoms with E-state index in [1.807, 2.05) is 0 Å². The third-order valence-electron chi connectivity index (χ3n) is 3.89. The molecule has 0 aliphatic carbocycles. The topological polar surface area (TPSA) is 115 Å². The number of aromatic amines is 1. The Bertz CT molecular complexity index is 819. The van der Waals surface area contributed by atoms with Gasteiger partial charge in [0, 0.05) is 19.0 Å². The number of nitrogens with one attached hydrogen (secondary N) is 2. The summed E-state index contributed by atoms with van der Waals surface area (Å²) in [6, 6.07) is 1.46. The van der Waals surface area contributed by atoms with Crippen LogP contribution in [0, 0.1) is 0 Å². The number of nitrogens with zero attached hydrogens (tertiary/aromatic N) is 2. The molecule has 1 fully saturated rings. The molecule has 2 aromatic heterocycles. The summed E-state index contributed by atoms with van der Waals surface area (Å²) >= 11 is 6.20. The molecule has 0 radical (unpaired) electrons. The van der Waals surface area contributed by atoms with Crippen molar-refractivity contribution in [2.75, 3.05) is 25.1 Å². The third-order valence-corrected chi connectivity index (χ3v) is 4.16. The highest BCUT2D eigenvalue weighted by Gasteiger charge is 2.20. The van der Waals surface area contributed by atoms with E-state index in [0.717, 1.165) is 12.8 Å². The Morgan fingerprint density at radius 3 is 2.85 bits per heavy atom. The number of ether oxygens (including phenoxy) is 3. The van der Waals surface area contributed by atoms with Crippen LogP contribution in [0.25, 0.3) is 0 Å². The SMILES string of the molecule is CCOC(=O)c1cn[nH]c1NC(=O)c1cnc(OC2CCOCC2)c(Cl)c1. The molecule has 10 heteroatoms. The lowest BCUT2D eigenvalue weighted by molar-refractivity contribution is 0.0237. The first-order valence-electron chi connectivity index (χ1n) is 8.50. The van der Waals surface area contributed by atoms with Crippen LogP contribution in [-0.4, -0.2) is 53.0 Å². The Morgan fingerprint density at radius 1 is 1.37 bits per heavy atom. The quantitative estimate of drug-likeness (QED) is 0.723. The number of hydrogen-bond acceptors (Lipinski definition) is 7. The number of anilines is 1. The second-order valence-electron chi connectivity index (χ2n) is 5.77. The number of halogens is 1. The molecule has 1 aliphatic rings. The first-order chi connectivity index (χ1) is 13.1. The van der Waals surface area contributed by atoms with E-state index >= 15 is 0 Å². The minimum atomic E-state index is -0.585. The first-order valence-corrected chi connectivity index (χ1v) is 8.88. The first kappa shape index (κ1) is 19.1. The number of carbonyl (C=O) groups excluding carboxylic acids is 2. The van der Waals surface area contributed by atoms with Gasteiger partial charge in [0.1, 0.15) is 22.5 Å².